The summed E-state index contributed by atoms with van der Waals surface area (Å²) in [5, 5.41) is 2.65. The molecule has 0 saturated heterocycles. The highest BCUT2D eigenvalue weighted by Gasteiger charge is 2.12. The van der Waals surface area contributed by atoms with E-state index in [1.54, 1.807) is 12.1 Å². The summed E-state index contributed by atoms with van der Waals surface area (Å²) in [6, 6.07) is 9.15. The Morgan fingerprint density at radius 2 is 2.00 bits per heavy atom. The summed E-state index contributed by atoms with van der Waals surface area (Å²) >= 11 is 3.36. The van der Waals surface area contributed by atoms with Gasteiger partial charge in [-0.3, -0.25) is 4.79 Å². The summed E-state index contributed by atoms with van der Waals surface area (Å²) in [5.41, 5.74) is 1.68. The van der Waals surface area contributed by atoms with Crippen LogP contribution in [0.3, 0.4) is 0 Å². The summed E-state index contributed by atoms with van der Waals surface area (Å²) in [6.07, 6.45) is -0.213. The zero-order valence-corrected chi connectivity index (χ0v) is 12.3. The molecule has 0 spiro atoms. The van der Waals surface area contributed by atoms with Crippen LogP contribution in [0.5, 0.6) is 0 Å². The van der Waals surface area contributed by atoms with Crippen LogP contribution < -0.4 is 5.32 Å². The lowest BCUT2D eigenvalue weighted by Gasteiger charge is -2.08. The van der Waals surface area contributed by atoms with E-state index in [0.717, 1.165) is 16.1 Å². The van der Waals surface area contributed by atoms with Crippen LogP contribution in [0.4, 0.5) is 14.5 Å². The van der Waals surface area contributed by atoms with Crippen LogP contribution in [0.25, 0.3) is 0 Å². The van der Waals surface area contributed by atoms with Crippen molar-refractivity contribution in [1.82, 2.24) is 0 Å². The highest BCUT2D eigenvalue weighted by atomic mass is 79.9. The third-order valence-corrected chi connectivity index (χ3v) is 3.69. The number of aryl methyl sites for hydroxylation is 1. The van der Waals surface area contributed by atoms with Gasteiger partial charge in [0.15, 0.2) is 11.6 Å². The lowest BCUT2D eigenvalue weighted by Crippen LogP contribution is -2.15. The first-order valence-electron chi connectivity index (χ1n) is 5.96. The largest absolute Gasteiger partial charge is 0.326 e. The topological polar surface area (TPSA) is 29.1 Å². The number of amides is 1. The second kappa shape index (κ2) is 6.13. The van der Waals surface area contributed by atoms with E-state index in [1.807, 2.05) is 13.0 Å². The van der Waals surface area contributed by atoms with Crippen LogP contribution >= 0.6 is 15.9 Å². The van der Waals surface area contributed by atoms with E-state index in [1.165, 1.54) is 12.1 Å². The second-order valence-electron chi connectivity index (χ2n) is 4.40. The van der Waals surface area contributed by atoms with Gasteiger partial charge < -0.3 is 5.32 Å². The Bertz CT molecular complexity index is 658. The third kappa shape index (κ3) is 3.42. The maximum absolute atomic E-state index is 13.5. The van der Waals surface area contributed by atoms with E-state index in [0.29, 0.717) is 5.69 Å². The average Bonchev–Trinajstić information content (AvgIpc) is 2.39. The van der Waals surface area contributed by atoms with E-state index >= 15 is 0 Å². The van der Waals surface area contributed by atoms with Crippen LogP contribution in [0.15, 0.2) is 40.9 Å². The van der Waals surface area contributed by atoms with Gasteiger partial charge in [-0.05, 0) is 30.7 Å². The molecule has 0 saturated carbocycles. The number of hydrogen-bond donors (Lipinski definition) is 1. The van der Waals surface area contributed by atoms with Crippen molar-refractivity contribution in [3.05, 3.63) is 63.6 Å². The van der Waals surface area contributed by atoms with Gasteiger partial charge in [-0.25, -0.2) is 8.78 Å². The Labute approximate surface area is 123 Å². The lowest BCUT2D eigenvalue weighted by atomic mass is 10.1. The fraction of sp³-hybridized carbons (Fsp3) is 0.133. The number of hydrogen-bond acceptors (Lipinski definition) is 1. The van der Waals surface area contributed by atoms with E-state index in [-0.39, 0.29) is 12.0 Å². The molecule has 0 bridgehead atoms. The standard InChI is InChI=1S/C15H12BrF2NO/c1-9-5-6-11(8-12(9)16)19-14(20)7-10-3-2-4-13(17)15(10)18/h2-6,8H,7H2,1H3,(H,19,20). The number of halogens is 3. The molecule has 0 heterocycles. The molecule has 0 radical (unpaired) electrons. The molecule has 0 aromatic heterocycles. The highest BCUT2D eigenvalue weighted by molar-refractivity contribution is 9.10. The molecule has 20 heavy (non-hydrogen) atoms. The van der Waals surface area contributed by atoms with Gasteiger partial charge in [0.2, 0.25) is 5.91 Å². The van der Waals surface area contributed by atoms with Crippen molar-refractivity contribution in [2.75, 3.05) is 5.32 Å². The van der Waals surface area contributed by atoms with Gasteiger partial charge in [-0.1, -0.05) is 34.1 Å². The van der Waals surface area contributed by atoms with Crippen LogP contribution in [-0.2, 0) is 11.2 Å². The molecule has 1 N–H and O–H groups in total. The SMILES string of the molecule is Cc1ccc(NC(=O)Cc2cccc(F)c2F)cc1Br. The number of rotatable bonds is 3. The fourth-order valence-corrected chi connectivity index (χ4v) is 2.11. The Balaban J connectivity index is 2.09. The quantitative estimate of drug-likeness (QED) is 0.891. The summed E-state index contributed by atoms with van der Waals surface area (Å²) in [6.45, 7) is 1.93. The maximum atomic E-state index is 13.5. The molecule has 2 rings (SSSR count). The van der Waals surface area contributed by atoms with Gasteiger partial charge in [0.1, 0.15) is 0 Å². The van der Waals surface area contributed by atoms with Crippen molar-refractivity contribution in [3.63, 3.8) is 0 Å². The summed E-state index contributed by atoms with van der Waals surface area (Å²) in [5.74, 6) is -2.33. The van der Waals surface area contributed by atoms with Crippen LogP contribution in [0.2, 0.25) is 0 Å². The van der Waals surface area contributed by atoms with E-state index in [4.69, 9.17) is 0 Å². The molecule has 1 amide bonds. The maximum Gasteiger partial charge on any atom is 0.228 e. The number of carbonyl (C=O) groups is 1. The van der Waals surface area contributed by atoms with Crippen molar-refractivity contribution >= 4 is 27.5 Å². The molecule has 0 aliphatic rings. The van der Waals surface area contributed by atoms with Crippen molar-refractivity contribution in [1.29, 1.82) is 0 Å². The Morgan fingerprint density at radius 1 is 1.25 bits per heavy atom. The fourth-order valence-electron chi connectivity index (χ4n) is 1.73. The third-order valence-electron chi connectivity index (χ3n) is 2.84. The minimum atomic E-state index is -0.979. The number of benzene rings is 2. The molecule has 0 aliphatic heterocycles. The smallest absolute Gasteiger partial charge is 0.228 e. The predicted octanol–water partition coefficient (Wildman–Crippen LogP) is 4.22. The molecule has 0 fully saturated rings. The molecule has 0 atom stereocenters. The van der Waals surface area contributed by atoms with Crippen molar-refractivity contribution < 1.29 is 13.6 Å². The lowest BCUT2D eigenvalue weighted by molar-refractivity contribution is -0.115. The molecule has 5 heteroatoms. The van der Waals surface area contributed by atoms with Gasteiger partial charge in [0.05, 0.1) is 6.42 Å². The number of anilines is 1. The molecule has 0 unspecified atom stereocenters. The normalized spacial score (nSPS) is 10.4. The molecule has 2 aromatic carbocycles. The molecule has 104 valence electrons. The Kier molecular flexibility index (Phi) is 4.49. The van der Waals surface area contributed by atoms with Crippen molar-refractivity contribution in [2.45, 2.75) is 13.3 Å². The van der Waals surface area contributed by atoms with E-state index < -0.39 is 17.5 Å². The highest BCUT2D eigenvalue weighted by Crippen LogP contribution is 2.21. The van der Waals surface area contributed by atoms with Gasteiger partial charge in [-0.2, -0.15) is 0 Å². The molecule has 2 aromatic rings. The first-order valence-corrected chi connectivity index (χ1v) is 6.75. The number of nitrogens with one attached hydrogen (secondary N) is 1. The summed E-state index contributed by atoms with van der Waals surface area (Å²) in [4.78, 5) is 11.8. The molecule has 2 nitrogen and oxygen atoms in total. The molecule has 0 aliphatic carbocycles. The summed E-state index contributed by atoms with van der Waals surface area (Å²) < 4.78 is 27.4. The predicted molar refractivity (Wildman–Crippen MR) is 77.6 cm³/mol. The van der Waals surface area contributed by atoms with Crippen LogP contribution in [0, 0.1) is 18.6 Å². The first-order chi connectivity index (χ1) is 9.47. The Morgan fingerprint density at radius 3 is 2.70 bits per heavy atom. The van der Waals surface area contributed by atoms with E-state index in [9.17, 15) is 13.6 Å². The first kappa shape index (κ1) is 14.7. The molecular weight excluding hydrogens is 328 g/mol. The average molecular weight is 340 g/mol. The van der Waals surface area contributed by atoms with Gasteiger partial charge in [0, 0.05) is 15.7 Å². The minimum absolute atomic E-state index is 0.0358. The number of carbonyl (C=O) groups excluding carboxylic acids is 1. The van der Waals surface area contributed by atoms with Gasteiger partial charge in [0.25, 0.3) is 0 Å². The Hall–Kier alpha value is -1.75. The minimum Gasteiger partial charge on any atom is -0.326 e. The molecular formula is C15H12BrF2NO. The van der Waals surface area contributed by atoms with Crippen LogP contribution in [0.1, 0.15) is 11.1 Å². The second-order valence-corrected chi connectivity index (χ2v) is 5.26. The van der Waals surface area contributed by atoms with Crippen LogP contribution in [-0.4, -0.2) is 5.91 Å². The van der Waals surface area contributed by atoms with Gasteiger partial charge in [-0.15, -0.1) is 0 Å². The monoisotopic (exact) mass is 339 g/mol. The van der Waals surface area contributed by atoms with E-state index in [2.05, 4.69) is 21.2 Å². The van der Waals surface area contributed by atoms with Gasteiger partial charge >= 0.3 is 0 Å². The zero-order valence-electron chi connectivity index (χ0n) is 10.7. The van der Waals surface area contributed by atoms with Crippen molar-refractivity contribution in [3.8, 4) is 0 Å². The summed E-state index contributed by atoms with van der Waals surface area (Å²) in [7, 11) is 0. The van der Waals surface area contributed by atoms with Crippen molar-refractivity contribution in [2.24, 2.45) is 0 Å². The zero-order chi connectivity index (χ0) is 14.7.